The molecule has 0 aliphatic carbocycles. The van der Waals surface area contributed by atoms with Crippen LogP contribution in [0.5, 0.6) is 0 Å². The predicted molar refractivity (Wildman–Crippen MR) is 66.5 cm³/mol. The Morgan fingerprint density at radius 2 is 2.19 bits per heavy atom. The average molecular weight is 230 g/mol. The maximum atomic E-state index is 11.9. The van der Waals surface area contributed by atoms with Gasteiger partial charge in [0.05, 0.1) is 11.0 Å². The molecule has 0 unspecified atom stereocenters. The van der Waals surface area contributed by atoms with Gasteiger partial charge < -0.3 is 4.98 Å². The van der Waals surface area contributed by atoms with Crippen molar-refractivity contribution in [3.8, 4) is 5.00 Å². The molecule has 16 heavy (non-hydrogen) atoms. The number of aryl methyl sites for hydroxylation is 1. The van der Waals surface area contributed by atoms with Crippen LogP contribution in [0.25, 0.3) is 16.0 Å². The van der Waals surface area contributed by atoms with E-state index in [0.29, 0.717) is 0 Å². The lowest BCUT2D eigenvalue weighted by atomic mass is 10.2. The summed E-state index contributed by atoms with van der Waals surface area (Å²) in [6.07, 6.45) is 0. The Morgan fingerprint density at radius 1 is 1.31 bits per heavy atom. The first-order valence-electron chi connectivity index (χ1n) is 5.01. The molecule has 3 nitrogen and oxygen atoms in total. The van der Waals surface area contributed by atoms with E-state index in [4.69, 9.17) is 0 Å². The SMILES string of the molecule is Cc1ccc2c(c1)[nH]c(=O)n2-c1cccs1. The van der Waals surface area contributed by atoms with Crippen LogP contribution < -0.4 is 5.69 Å². The van der Waals surface area contributed by atoms with E-state index in [1.165, 1.54) is 0 Å². The summed E-state index contributed by atoms with van der Waals surface area (Å²) >= 11 is 1.56. The topological polar surface area (TPSA) is 37.8 Å². The molecule has 1 N–H and O–H groups in total. The first-order chi connectivity index (χ1) is 7.75. The highest BCUT2D eigenvalue weighted by molar-refractivity contribution is 7.12. The van der Waals surface area contributed by atoms with Crippen molar-refractivity contribution in [3.63, 3.8) is 0 Å². The summed E-state index contributed by atoms with van der Waals surface area (Å²) in [5, 5.41) is 2.91. The summed E-state index contributed by atoms with van der Waals surface area (Å²) in [5.41, 5.74) is 2.88. The molecule has 3 aromatic rings. The summed E-state index contributed by atoms with van der Waals surface area (Å²) < 4.78 is 1.71. The van der Waals surface area contributed by atoms with E-state index in [2.05, 4.69) is 4.98 Å². The molecule has 80 valence electrons. The number of imidazole rings is 1. The van der Waals surface area contributed by atoms with Crippen molar-refractivity contribution < 1.29 is 0 Å². The largest absolute Gasteiger partial charge is 0.331 e. The predicted octanol–water partition coefficient (Wildman–Crippen LogP) is 2.69. The van der Waals surface area contributed by atoms with Gasteiger partial charge in [-0.25, -0.2) is 4.79 Å². The third-order valence-electron chi connectivity index (χ3n) is 2.56. The van der Waals surface area contributed by atoms with Gasteiger partial charge in [-0.1, -0.05) is 6.07 Å². The Morgan fingerprint density at radius 3 is 2.94 bits per heavy atom. The van der Waals surface area contributed by atoms with Crippen molar-refractivity contribution in [3.05, 3.63) is 51.8 Å². The number of nitrogens with one attached hydrogen (secondary N) is 1. The molecule has 0 amide bonds. The van der Waals surface area contributed by atoms with Crippen molar-refractivity contribution in [1.29, 1.82) is 0 Å². The lowest BCUT2D eigenvalue weighted by molar-refractivity contribution is 1.04. The van der Waals surface area contributed by atoms with Gasteiger partial charge in [0.1, 0.15) is 5.00 Å². The molecule has 0 fully saturated rings. The zero-order chi connectivity index (χ0) is 11.1. The molecule has 0 bridgehead atoms. The van der Waals surface area contributed by atoms with Crippen molar-refractivity contribution in [2.45, 2.75) is 6.92 Å². The number of nitrogens with zero attached hydrogens (tertiary/aromatic N) is 1. The van der Waals surface area contributed by atoms with E-state index in [1.807, 2.05) is 42.6 Å². The minimum Gasteiger partial charge on any atom is -0.305 e. The number of thiophene rings is 1. The molecule has 0 saturated carbocycles. The molecule has 0 aliphatic heterocycles. The van der Waals surface area contributed by atoms with Crippen LogP contribution in [0.2, 0.25) is 0 Å². The lowest BCUT2D eigenvalue weighted by Gasteiger charge is -1.98. The zero-order valence-electron chi connectivity index (χ0n) is 8.73. The number of H-pyrrole nitrogens is 1. The van der Waals surface area contributed by atoms with E-state index in [0.717, 1.165) is 21.6 Å². The van der Waals surface area contributed by atoms with Crippen molar-refractivity contribution >= 4 is 22.4 Å². The molecule has 4 heteroatoms. The minimum atomic E-state index is -0.0805. The summed E-state index contributed by atoms with van der Waals surface area (Å²) in [7, 11) is 0. The molecule has 0 spiro atoms. The lowest BCUT2D eigenvalue weighted by Crippen LogP contribution is -2.13. The Labute approximate surface area is 96.0 Å². The van der Waals surface area contributed by atoms with Crippen molar-refractivity contribution in [2.24, 2.45) is 0 Å². The molecular formula is C12H10N2OS. The van der Waals surface area contributed by atoms with E-state index in [1.54, 1.807) is 15.9 Å². The molecule has 0 saturated heterocycles. The van der Waals surface area contributed by atoms with Gasteiger partial charge in [-0.2, -0.15) is 0 Å². The number of fused-ring (bicyclic) bond motifs is 1. The molecule has 0 radical (unpaired) electrons. The Hall–Kier alpha value is -1.81. The highest BCUT2D eigenvalue weighted by Gasteiger charge is 2.08. The van der Waals surface area contributed by atoms with Crippen molar-refractivity contribution in [1.82, 2.24) is 9.55 Å². The number of hydrogen-bond donors (Lipinski definition) is 1. The van der Waals surface area contributed by atoms with Crippen LogP contribution in [0.3, 0.4) is 0 Å². The number of rotatable bonds is 1. The molecule has 0 aliphatic rings. The van der Waals surface area contributed by atoms with Crippen LogP contribution in [-0.4, -0.2) is 9.55 Å². The van der Waals surface area contributed by atoms with Crippen LogP contribution in [0.1, 0.15) is 5.56 Å². The fourth-order valence-electron chi connectivity index (χ4n) is 1.84. The van der Waals surface area contributed by atoms with Gasteiger partial charge in [0.15, 0.2) is 0 Å². The normalized spacial score (nSPS) is 11.1. The van der Waals surface area contributed by atoms with Crippen LogP contribution in [0.4, 0.5) is 0 Å². The maximum absolute atomic E-state index is 11.9. The quantitative estimate of drug-likeness (QED) is 0.685. The summed E-state index contributed by atoms with van der Waals surface area (Å²) in [5.74, 6) is 0. The fraction of sp³-hybridized carbons (Fsp3) is 0.0833. The van der Waals surface area contributed by atoms with Crippen LogP contribution in [-0.2, 0) is 0 Å². The van der Waals surface area contributed by atoms with E-state index in [9.17, 15) is 4.79 Å². The van der Waals surface area contributed by atoms with Crippen LogP contribution in [0.15, 0.2) is 40.5 Å². The highest BCUT2D eigenvalue weighted by Crippen LogP contribution is 2.19. The first-order valence-corrected chi connectivity index (χ1v) is 5.89. The summed E-state index contributed by atoms with van der Waals surface area (Å²) in [6, 6.07) is 9.86. The third kappa shape index (κ3) is 1.31. The standard InChI is InChI=1S/C12H10N2OS/c1-8-4-5-10-9(7-8)13-12(15)14(10)11-3-2-6-16-11/h2-7H,1H3,(H,13,15). The molecule has 0 atom stereocenters. The third-order valence-corrected chi connectivity index (χ3v) is 3.42. The Kier molecular flexibility index (Phi) is 1.97. The van der Waals surface area contributed by atoms with Gasteiger partial charge in [0, 0.05) is 0 Å². The number of aromatic nitrogens is 2. The van der Waals surface area contributed by atoms with Gasteiger partial charge in [0.2, 0.25) is 0 Å². The van der Waals surface area contributed by atoms with Gasteiger partial charge in [-0.05, 0) is 42.1 Å². The fourth-order valence-corrected chi connectivity index (χ4v) is 2.58. The second kappa shape index (κ2) is 3.35. The Bertz CT molecular complexity index is 691. The van der Waals surface area contributed by atoms with E-state index < -0.39 is 0 Å². The van der Waals surface area contributed by atoms with Crippen molar-refractivity contribution in [2.75, 3.05) is 0 Å². The molecular weight excluding hydrogens is 220 g/mol. The minimum absolute atomic E-state index is 0.0805. The van der Waals surface area contributed by atoms with Gasteiger partial charge >= 0.3 is 5.69 Å². The first kappa shape index (κ1) is 9.42. The summed E-state index contributed by atoms with van der Waals surface area (Å²) in [6.45, 7) is 2.01. The van der Waals surface area contributed by atoms with E-state index >= 15 is 0 Å². The zero-order valence-corrected chi connectivity index (χ0v) is 9.54. The number of benzene rings is 1. The summed E-state index contributed by atoms with van der Waals surface area (Å²) in [4.78, 5) is 14.7. The number of aromatic amines is 1. The highest BCUT2D eigenvalue weighted by atomic mass is 32.1. The smallest absolute Gasteiger partial charge is 0.305 e. The van der Waals surface area contributed by atoms with Gasteiger partial charge in [-0.3, -0.25) is 4.57 Å². The average Bonchev–Trinajstić information content (AvgIpc) is 2.83. The van der Waals surface area contributed by atoms with Crippen LogP contribution in [0, 0.1) is 6.92 Å². The monoisotopic (exact) mass is 230 g/mol. The molecule has 2 aromatic heterocycles. The Balaban J connectivity index is 2.41. The molecule has 3 rings (SSSR count). The second-order valence-corrected chi connectivity index (χ2v) is 4.66. The molecule has 2 heterocycles. The number of hydrogen-bond acceptors (Lipinski definition) is 2. The van der Waals surface area contributed by atoms with E-state index in [-0.39, 0.29) is 5.69 Å². The maximum Gasteiger partial charge on any atom is 0.331 e. The van der Waals surface area contributed by atoms with Gasteiger partial charge in [0.25, 0.3) is 0 Å². The molecule has 1 aromatic carbocycles. The second-order valence-electron chi connectivity index (χ2n) is 3.74. The van der Waals surface area contributed by atoms with Gasteiger partial charge in [-0.15, -0.1) is 11.3 Å². The van der Waals surface area contributed by atoms with Crippen LogP contribution >= 0.6 is 11.3 Å².